The maximum atomic E-state index is 13.2. The van der Waals surface area contributed by atoms with Gasteiger partial charge in [0, 0.05) is 30.7 Å². The topological polar surface area (TPSA) is 74.8 Å². The molecule has 26 heavy (non-hydrogen) atoms. The molecule has 0 aromatic heterocycles. The molecule has 2 heterocycles. The van der Waals surface area contributed by atoms with Gasteiger partial charge in [-0.2, -0.15) is 0 Å². The fourth-order valence-corrected chi connectivity index (χ4v) is 5.94. The number of likely N-dealkylation sites (tertiary alicyclic amines) is 1. The highest BCUT2D eigenvalue weighted by Gasteiger charge is 2.68. The number of carbonyl (C=O) groups excluding carboxylic acids is 4. The van der Waals surface area contributed by atoms with Gasteiger partial charge in [-0.1, -0.05) is 12.1 Å². The normalized spacial score (nSPS) is 38.2. The van der Waals surface area contributed by atoms with Crippen LogP contribution in [0.1, 0.15) is 18.4 Å². The minimum Gasteiger partial charge on any atom is -0.285 e. The van der Waals surface area contributed by atoms with Crippen LogP contribution in [0.5, 0.6) is 0 Å². The molecule has 6 nitrogen and oxygen atoms in total. The molecule has 5 rings (SSSR count). The molecule has 0 spiro atoms. The summed E-state index contributed by atoms with van der Waals surface area (Å²) >= 11 is 0. The summed E-state index contributed by atoms with van der Waals surface area (Å²) in [4.78, 5) is 54.1. The van der Waals surface area contributed by atoms with Gasteiger partial charge in [0.2, 0.25) is 23.6 Å². The zero-order valence-corrected chi connectivity index (χ0v) is 14.7. The third kappa shape index (κ3) is 1.77. The monoisotopic (exact) mass is 352 g/mol. The minimum atomic E-state index is -0.346. The van der Waals surface area contributed by atoms with E-state index in [9.17, 15) is 19.2 Å². The number of aryl methyl sites for hydroxylation is 1. The lowest BCUT2D eigenvalue weighted by Gasteiger charge is -2.35. The van der Waals surface area contributed by atoms with E-state index in [1.165, 1.54) is 16.8 Å². The first-order valence-electron chi connectivity index (χ1n) is 9.16. The lowest BCUT2D eigenvalue weighted by Crippen LogP contribution is -2.51. The van der Waals surface area contributed by atoms with E-state index in [0.29, 0.717) is 18.5 Å². The second-order valence-corrected chi connectivity index (χ2v) is 8.14. The molecule has 0 N–H and O–H groups in total. The van der Waals surface area contributed by atoms with Gasteiger partial charge >= 0.3 is 0 Å². The van der Waals surface area contributed by atoms with Gasteiger partial charge in [0.05, 0.1) is 5.69 Å². The molecule has 6 unspecified atom stereocenters. The molecule has 2 saturated carbocycles. The quantitative estimate of drug-likeness (QED) is 0.565. The SMILES string of the molecule is Cc1cccc(N2C(=O)C3CC(C2=O)C2C4CC(C(=O)N(C)C4=O)C32)c1. The highest BCUT2D eigenvalue weighted by Crippen LogP contribution is 2.61. The van der Waals surface area contributed by atoms with Crippen LogP contribution in [0.2, 0.25) is 0 Å². The number of carbonyl (C=O) groups is 4. The number of imide groups is 2. The number of piperidine rings is 2. The first-order chi connectivity index (χ1) is 12.4. The average molecular weight is 352 g/mol. The zero-order chi connectivity index (χ0) is 18.3. The summed E-state index contributed by atoms with van der Waals surface area (Å²) in [7, 11) is 1.52. The van der Waals surface area contributed by atoms with Crippen LogP contribution in [-0.2, 0) is 19.2 Å². The molecule has 4 amide bonds. The van der Waals surface area contributed by atoms with E-state index < -0.39 is 0 Å². The van der Waals surface area contributed by atoms with Gasteiger partial charge in [-0.3, -0.25) is 29.0 Å². The summed E-state index contributed by atoms with van der Waals surface area (Å²) in [6.45, 7) is 1.92. The van der Waals surface area contributed by atoms with Crippen molar-refractivity contribution in [1.29, 1.82) is 0 Å². The summed E-state index contributed by atoms with van der Waals surface area (Å²) in [5, 5.41) is 0. The molecule has 1 aromatic carbocycles. The van der Waals surface area contributed by atoms with Gasteiger partial charge in [-0.25, -0.2) is 0 Å². The Morgan fingerprint density at radius 3 is 1.81 bits per heavy atom. The number of rotatable bonds is 1. The highest BCUT2D eigenvalue weighted by atomic mass is 16.2. The third-order valence-electron chi connectivity index (χ3n) is 6.95. The molecule has 0 radical (unpaired) electrons. The maximum Gasteiger partial charge on any atom is 0.237 e. The Bertz CT molecular complexity index is 832. The number of benzene rings is 1. The van der Waals surface area contributed by atoms with Gasteiger partial charge in [0.15, 0.2) is 0 Å². The van der Waals surface area contributed by atoms with Crippen LogP contribution >= 0.6 is 0 Å². The Hall–Kier alpha value is -2.50. The molecule has 6 heteroatoms. The summed E-state index contributed by atoms with van der Waals surface area (Å²) in [5.74, 6) is -2.46. The standard InChI is InChI=1S/C20H20N2O4/c1-9-4-3-5-10(6-9)22-19(25)13-8-14(20(22)26)16-12-7-11(15(13)16)17(23)21(2)18(12)24/h3-6,11-16H,7-8H2,1-2H3. The summed E-state index contributed by atoms with van der Waals surface area (Å²) < 4.78 is 0. The van der Waals surface area contributed by atoms with Crippen molar-refractivity contribution in [2.45, 2.75) is 19.8 Å². The van der Waals surface area contributed by atoms with Crippen LogP contribution in [0.4, 0.5) is 5.69 Å². The number of hydrogen-bond acceptors (Lipinski definition) is 4. The molecule has 2 aliphatic heterocycles. The molecular weight excluding hydrogens is 332 g/mol. The number of fused-ring (bicyclic) bond motifs is 9. The lowest BCUT2D eigenvalue weighted by atomic mass is 9.82. The molecule has 2 saturated heterocycles. The van der Waals surface area contributed by atoms with Crippen molar-refractivity contribution in [3.63, 3.8) is 0 Å². The maximum absolute atomic E-state index is 13.2. The van der Waals surface area contributed by atoms with Crippen LogP contribution in [0.25, 0.3) is 0 Å². The molecule has 134 valence electrons. The fraction of sp³-hybridized carbons (Fsp3) is 0.500. The second kappa shape index (κ2) is 5.02. The van der Waals surface area contributed by atoms with E-state index >= 15 is 0 Å². The van der Waals surface area contributed by atoms with Crippen molar-refractivity contribution < 1.29 is 19.2 Å². The van der Waals surface area contributed by atoms with Crippen molar-refractivity contribution in [3.05, 3.63) is 29.8 Å². The van der Waals surface area contributed by atoms with Gasteiger partial charge < -0.3 is 0 Å². The van der Waals surface area contributed by atoms with E-state index in [1.54, 1.807) is 6.07 Å². The van der Waals surface area contributed by atoms with Crippen molar-refractivity contribution in [2.75, 3.05) is 11.9 Å². The number of hydrogen-bond donors (Lipinski definition) is 0. The van der Waals surface area contributed by atoms with E-state index in [0.717, 1.165) is 5.56 Å². The smallest absolute Gasteiger partial charge is 0.237 e. The van der Waals surface area contributed by atoms with E-state index in [2.05, 4.69) is 0 Å². The third-order valence-corrected chi connectivity index (χ3v) is 6.95. The Balaban J connectivity index is 1.59. The minimum absolute atomic E-state index is 0.183. The lowest BCUT2D eigenvalue weighted by molar-refractivity contribution is -0.152. The Kier molecular flexibility index (Phi) is 3.04. The molecule has 4 aliphatic rings. The van der Waals surface area contributed by atoms with Crippen molar-refractivity contribution in [2.24, 2.45) is 35.5 Å². The van der Waals surface area contributed by atoms with Gasteiger partial charge in [-0.05, 0) is 49.3 Å². The van der Waals surface area contributed by atoms with E-state index in [-0.39, 0.29) is 59.1 Å². The van der Waals surface area contributed by atoms with Crippen molar-refractivity contribution in [3.8, 4) is 0 Å². The number of amides is 4. The Labute approximate surface area is 151 Å². The van der Waals surface area contributed by atoms with Gasteiger partial charge in [0.25, 0.3) is 0 Å². The van der Waals surface area contributed by atoms with Crippen LogP contribution < -0.4 is 4.90 Å². The summed E-state index contributed by atoms with van der Waals surface area (Å²) in [6.07, 6.45) is 0.974. The number of nitrogens with zero attached hydrogens (tertiary/aromatic N) is 2. The van der Waals surface area contributed by atoms with Gasteiger partial charge in [-0.15, -0.1) is 0 Å². The van der Waals surface area contributed by atoms with E-state index in [1.807, 2.05) is 25.1 Å². The van der Waals surface area contributed by atoms with Crippen molar-refractivity contribution in [1.82, 2.24) is 4.90 Å². The molecular formula is C20H20N2O4. The Morgan fingerprint density at radius 1 is 0.808 bits per heavy atom. The van der Waals surface area contributed by atoms with Crippen LogP contribution in [0.15, 0.2) is 24.3 Å². The predicted octanol–water partition coefficient (Wildman–Crippen LogP) is 1.37. The van der Waals surface area contributed by atoms with Gasteiger partial charge in [0.1, 0.15) is 0 Å². The number of anilines is 1. The Morgan fingerprint density at radius 2 is 1.31 bits per heavy atom. The molecule has 1 aromatic rings. The average Bonchev–Trinajstić information content (AvgIpc) is 3.13. The zero-order valence-electron chi connectivity index (χ0n) is 14.7. The first kappa shape index (κ1) is 15.7. The molecule has 4 fully saturated rings. The van der Waals surface area contributed by atoms with E-state index in [4.69, 9.17) is 0 Å². The van der Waals surface area contributed by atoms with Crippen LogP contribution in [-0.4, -0.2) is 35.6 Å². The largest absolute Gasteiger partial charge is 0.285 e. The second-order valence-electron chi connectivity index (χ2n) is 8.14. The molecule has 6 atom stereocenters. The highest BCUT2D eigenvalue weighted by molar-refractivity contribution is 6.19. The summed E-state index contributed by atoms with van der Waals surface area (Å²) in [5.41, 5.74) is 1.57. The van der Waals surface area contributed by atoms with Crippen LogP contribution in [0, 0.1) is 42.4 Å². The predicted molar refractivity (Wildman–Crippen MR) is 91.6 cm³/mol. The van der Waals surface area contributed by atoms with Crippen LogP contribution in [0.3, 0.4) is 0 Å². The first-order valence-corrected chi connectivity index (χ1v) is 9.16. The molecule has 2 aliphatic carbocycles. The molecule has 4 bridgehead atoms. The van der Waals surface area contributed by atoms with Crippen molar-refractivity contribution >= 4 is 29.3 Å². The summed E-state index contributed by atoms with van der Waals surface area (Å²) in [6, 6.07) is 7.36. The fourth-order valence-electron chi connectivity index (χ4n) is 5.94.